The Morgan fingerprint density at radius 1 is 0.909 bits per heavy atom. The molecule has 0 aliphatic carbocycles. The molecule has 3 N–H and O–H groups in total. The Labute approximate surface area is 191 Å². The second-order valence-electron chi connectivity index (χ2n) is 7.79. The summed E-state index contributed by atoms with van der Waals surface area (Å²) in [6.45, 7) is 1.63. The van der Waals surface area contributed by atoms with Crippen molar-refractivity contribution in [1.29, 1.82) is 0 Å². The number of benzene rings is 3. The molecular formula is C26H23N6O. The third-order valence-electron chi connectivity index (χ3n) is 5.51. The molecule has 1 radical (unpaired) electrons. The topological polar surface area (TPSA) is 92.8 Å². The van der Waals surface area contributed by atoms with Crippen LogP contribution in [0, 0.1) is 6.07 Å². The minimum absolute atomic E-state index is 0.284. The second kappa shape index (κ2) is 9.10. The molecule has 0 bridgehead atoms. The lowest BCUT2D eigenvalue weighted by Gasteiger charge is -2.24. The van der Waals surface area contributed by atoms with Crippen LogP contribution in [0.25, 0.3) is 16.9 Å². The van der Waals surface area contributed by atoms with Gasteiger partial charge in [0.1, 0.15) is 11.8 Å². The van der Waals surface area contributed by atoms with Crippen molar-refractivity contribution in [3.05, 3.63) is 118 Å². The average Bonchev–Trinajstić information content (AvgIpc) is 3.21. The van der Waals surface area contributed by atoms with Crippen LogP contribution >= 0.6 is 0 Å². The van der Waals surface area contributed by atoms with Gasteiger partial charge in [-0.1, -0.05) is 60.7 Å². The van der Waals surface area contributed by atoms with Gasteiger partial charge in [-0.15, -0.1) is 0 Å². The predicted molar refractivity (Wildman–Crippen MR) is 129 cm³/mol. The average molecular weight is 436 g/mol. The molecule has 7 nitrogen and oxygen atoms in total. The van der Waals surface area contributed by atoms with Crippen LogP contribution in [0.2, 0.25) is 0 Å². The number of aromatic amines is 1. The fourth-order valence-corrected chi connectivity index (χ4v) is 3.95. The summed E-state index contributed by atoms with van der Waals surface area (Å²) < 4.78 is 1.54. The van der Waals surface area contributed by atoms with Gasteiger partial charge in [-0.2, -0.15) is 0 Å². The summed E-state index contributed by atoms with van der Waals surface area (Å²) in [7, 11) is 0. The molecule has 0 fully saturated rings. The molecule has 0 aliphatic rings. The smallest absolute Gasteiger partial charge is 0.332 e. The third-order valence-corrected chi connectivity index (χ3v) is 5.51. The Balaban J connectivity index is 1.63. The van der Waals surface area contributed by atoms with E-state index in [2.05, 4.69) is 50.2 Å². The monoisotopic (exact) mass is 435 g/mol. The number of nitrogens with zero attached hydrogens (tertiary/aromatic N) is 4. The SMILES string of the molecule is NCc1c[c]cc(-n2c(=O)[nH]c3c(N(Cc4ccccc4)Cc4ccccc4)ncnc32)c1. The van der Waals surface area contributed by atoms with Crippen molar-refractivity contribution in [2.45, 2.75) is 19.6 Å². The maximum Gasteiger partial charge on any atom is 0.332 e. The number of anilines is 1. The van der Waals surface area contributed by atoms with Gasteiger partial charge < -0.3 is 15.6 Å². The van der Waals surface area contributed by atoms with Crippen LogP contribution in [0.3, 0.4) is 0 Å². The van der Waals surface area contributed by atoms with E-state index in [0.29, 0.717) is 42.3 Å². The van der Waals surface area contributed by atoms with Crippen LogP contribution in [0.1, 0.15) is 16.7 Å². The Hall–Kier alpha value is -4.23. The van der Waals surface area contributed by atoms with E-state index in [1.165, 1.54) is 6.33 Å². The maximum absolute atomic E-state index is 13.0. The zero-order valence-corrected chi connectivity index (χ0v) is 18.0. The summed E-state index contributed by atoms with van der Waals surface area (Å²) in [5.41, 5.74) is 10.4. The summed E-state index contributed by atoms with van der Waals surface area (Å²) in [5.74, 6) is 0.669. The van der Waals surface area contributed by atoms with Crippen molar-refractivity contribution < 1.29 is 0 Å². The van der Waals surface area contributed by atoms with Gasteiger partial charge in [0.25, 0.3) is 0 Å². The van der Waals surface area contributed by atoms with E-state index in [0.717, 1.165) is 16.7 Å². The largest absolute Gasteiger partial charge is 0.346 e. The van der Waals surface area contributed by atoms with Crippen LogP contribution in [0.5, 0.6) is 0 Å². The highest BCUT2D eigenvalue weighted by Crippen LogP contribution is 2.25. The zero-order chi connectivity index (χ0) is 22.6. The quantitative estimate of drug-likeness (QED) is 0.408. The molecule has 0 saturated carbocycles. The number of rotatable bonds is 7. The van der Waals surface area contributed by atoms with Gasteiger partial charge in [-0.25, -0.2) is 19.3 Å². The van der Waals surface area contributed by atoms with Gasteiger partial charge in [0.05, 0.1) is 5.69 Å². The Morgan fingerprint density at radius 2 is 1.58 bits per heavy atom. The first kappa shape index (κ1) is 20.7. The summed E-state index contributed by atoms with van der Waals surface area (Å²) in [4.78, 5) is 27.2. The molecule has 7 heteroatoms. The van der Waals surface area contributed by atoms with Crippen molar-refractivity contribution in [2.24, 2.45) is 5.73 Å². The summed E-state index contributed by atoms with van der Waals surface area (Å²) in [6, 6.07) is 28.9. The number of hydrogen-bond acceptors (Lipinski definition) is 5. The summed E-state index contributed by atoms with van der Waals surface area (Å²) in [5, 5.41) is 0. The van der Waals surface area contributed by atoms with Crippen molar-refractivity contribution in [3.8, 4) is 5.69 Å². The van der Waals surface area contributed by atoms with Crippen LogP contribution in [0.4, 0.5) is 5.82 Å². The van der Waals surface area contributed by atoms with Crippen LogP contribution in [-0.2, 0) is 19.6 Å². The molecule has 5 aromatic rings. The lowest BCUT2D eigenvalue weighted by atomic mass is 10.1. The number of aromatic nitrogens is 4. The van der Waals surface area contributed by atoms with Crippen molar-refractivity contribution in [1.82, 2.24) is 19.5 Å². The molecule has 3 aromatic carbocycles. The van der Waals surface area contributed by atoms with Gasteiger partial charge in [0.15, 0.2) is 11.5 Å². The van der Waals surface area contributed by atoms with Gasteiger partial charge in [-0.05, 0) is 41.0 Å². The molecule has 0 atom stereocenters. The molecule has 2 aromatic heterocycles. The van der Waals surface area contributed by atoms with E-state index >= 15 is 0 Å². The first-order valence-corrected chi connectivity index (χ1v) is 10.7. The number of nitrogens with one attached hydrogen (secondary N) is 1. The number of nitrogens with two attached hydrogens (primary N) is 1. The lowest BCUT2D eigenvalue weighted by Crippen LogP contribution is -2.23. The van der Waals surface area contributed by atoms with E-state index in [4.69, 9.17) is 5.73 Å². The molecule has 33 heavy (non-hydrogen) atoms. The van der Waals surface area contributed by atoms with Gasteiger partial charge >= 0.3 is 5.69 Å². The van der Waals surface area contributed by atoms with Crippen LogP contribution in [0.15, 0.2) is 90.0 Å². The lowest BCUT2D eigenvalue weighted by molar-refractivity contribution is 0.785. The fraction of sp³-hybridized carbons (Fsp3) is 0.115. The minimum atomic E-state index is -0.284. The highest BCUT2D eigenvalue weighted by atomic mass is 16.1. The van der Waals surface area contributed by atoms with Crippen LogP contribution < -0.4 is 16.3 Å². The molecule has 0 spiro atoms. The molecule has 0 aliphatic heterocycles. The number of imidazole rings is 1. The molecular weight excluding hydrogens is 412 g/mol. The van der Waals surface area contributed by atoms with Gasteiger partial charge in [-0.3, -0.25) is 0 Å². The van der Waals surface area contributed by atoms with Crippen molar-refractivity contribution in [2.75, 3.05) is 4.90 Å². The zero-order valence-electron chi connectivity index (χ0n) is 18.0. The molecule has 0 unspecified atom stereocenters. The minimum Gasteiger partial charge on any atom is -0.346 e. The number of H-pyrrole nitrogens is 1. The van der Waals surface area contributed by atoms with E-state index in [1.54, 1.807) is 10.6 Å². The Bertz CT molecular complexity index is 1380. The highest BCUT2D eigenvalue weighted by Gasteiger charge is 2.19. The standard InChI is InChI=1S/C26H23N6O/c27-15-21-12-7-13-22(14-21)32-25-23(30-26(32)33)24(28-18-29-25)31(16-19-8-3-1-4-9-19)17-20-10-5-2-6-11-20/h1-6,8-14,18H,15-17,27H2,(H,30,33). The predicted octanol–water partition coefficient (Wildman–Crippen LogP) is 3.57. The molecule has 5 rings (SSSR count). The highest BCUT2D eigenvalue weighted by molar-refractivity contribution is 5.84. The van der Waals surface area contributed by atoms with Crippen LogP contribution in [-0.4, -0.2) is 19.5 Å². The summed E-state index contributed by atoms with van der Waals surface area (Å²) >= 11 is 0. The van der Waals surface area contributed by atoms with Crippen molar-refractivity contribution in [3.63, 3.8) is 0 Å². The normalized spacial score (nSPS) is 11.1. The Kier molecular flexibility index (Phi) is 5.70. The number of hydrogen-bond donors (Lipinski definition) is 2. The van der Waals surface area contributed by atoms with E-state index in [9.17, 15) is 4.79 Å². The molecule has 0 amide bonds. The van der Waals surface area contributed by atoms with Crippen molar-refractivity contribution >= 4 is 17.0 Å². The van der Waals surface area contributed by atoms with E-state index in [1.807, 2.05) is 48.5 Å². The molecule has 163 valence electrons. The second-order valence-corrected chi connectivity index (χ2v) is 7.79. The molecule has 2 heterocycles. The van der Waals surface area contributed by atoms with Gasteiger partial charge in [0, 0.05) is 19.6 Å². The molecule has 0 saturated heterocycles. The summed E-state index contributed by atoms with van der Waals surface area (Å²) in [6.07, 6.45) is 1.50. The first-order valence-electron chi connectivity index (χ1n) is 10.7. The number of fused-ring (bicyclic) bond motifs is 1. The first-order chi connectivity index (χ1) is 16.2. The third kappa shape index (κ3) is 4.26. The maximum atomic E-state index is 13.0. The van der Waals surface area contributed by atoms with E-state index < -0.39 is 0 Å². The Morgan fingerprint density at radius 3 is 2.21 bits per heavy atom. The van der Waals surface area contributed by atoms with Gasteiger partial charge in [0.2, 0.25) is 0 Å². The fourth-order valence-electron chi connectivity index (χ4n) is 3.95. The van der Waals surface area contributed by atoms with E-state index in [-0.39, 0.29) is 5.69 Å².